The minimum Gasteiger partial charge on any atom is -0.481 e. The molecule has 29 nitrogen and oxygen atoms in total. The Morgan fingerprint density at radius 3 is 0.839 bits per heavy atom. The number of benzene rings is 6. The molecule has 9 heterocycles. The van der Waals surface area contributed by atoms with Crippen LogP contribution in [0.2, 0.25) is 15.1 Å². The molecule has 35 heteroatoms. The lowest BCUT2D eigenvalue weighted by Gasteiger charge is -2.25. The van der Waals surface area contributed by atoms with Gasteiger partial charge < -0.3 is 61.0 Å². The van der Waals surface area contributed by atoms with E-state index in [4.69, 9.17) is 101 Å². The first-order valence-corrected chi connectivity index (χ1v) is 41.0. The number of halogens is 3. The molecule has 3 unspecified atom stereocenters. The second-order valence-electron chi connectivity index (χ2n) is 26.6. The van der Waals surface area contributed by atoms with Gasteiger partial charge >= 0.3 is 35.8 Å². The Hall–Kier alpha value is -13.3. The molecule has 1 N–H and O–H groups in total. The van der Waals surface area contributed by atoms with E-state index in [9.17, 15) is 43.2 Å². The molecule has 636 valence electrons. The third-order valence-corrected chi connectivity index (χ3v) is 21.9. The molecule has 12 aromatic rings. The maximum atomic E-state index is 13.7. The van der Waals surface area contributed by atoms with Crippen LogP contribution in [0.3, 0.4) is 0 Å². The number of carboxylic acid groups (broad SMARTS) is 1. The van der Waals surface area contributed by atoms with Crippen LogP contribution in [0.5, 0.6) is 17.2 Å². The van der Waals surface area contributed by atoms with Crippen LogP contribution in [0.4, 0.5) is 0 Å². The number of aliphatic carboxylic acids is 1. The van der Waals surface area contributed by atoms with Crippen molar-refractivity contribution in [1.82, 2.24) is 13.7 Å². The number of carbonyl (C=O) groups excluding carboxylic acids is 6. The van der Waals surface area contributed by atoms with E-state index in [2.05, 4.69) is 15.0 Å². The zero-order valence-corrected chi connectivity index (χ0v) is 71.4. The van der Waals surface area contributed by atoms with Crippen molar-refractivity contribution in [2.24, 2.45) is 15.0 Å². The predicted molar refractivity (Wildman–Crippen MR) is 458 cm³/mol. The van der Waals surface area contributed by atoms with Crippen molar-refractivity contribution in [3.63, 3.8) is 0 Å². The number of thiazole rings is 3. The summed E-state index contributed by atoms with van der Waals surface area (Å²) in [5.74, 6) is -3.59. The van der Waals surface area contributed by atoms with Crippen molar-refractivity contribution in [1.29, 1.82) is 0 Å². The third-order valence-electron chi connectivity index (χ3n) is 18.2. The molecule has 0 saturated heterocycles. The summed E-state index contributed by atoms with van der Waals surface area (Å²) >= 11 is 21.7. The van der Waals surface area contributed by atoms with Gasteiger partial charge in [0.05, 0.1) is 104 Å². The highest BCUT2D eigenvalue weighted by Gasteiger charge is 2.37. The Morgan fingerprint density at radius 1 is 0.379 bits per heavy atom. The fourth-order valence-corrected chi connectivity index (χ4v) is 16.0. The first-order chi connectivity index (χ1) is 59.8. The molecule has 3 aliphatic heterocycles. The highest BCUT2D eigenvalue weighted by Crippen LogP contribution is 2.36. The summed E-state index contributed by atoms with van der Waals surface area (Å²) in [6.45, 7) is 6.99. The Morgan fingerprint density at radius 2 is 0.621 bits per heavy atom. The summed E-state index contributed by atoms with van der Waals surface area (Å²) in [4.78, 5) is 142. The van der Waals surface area contributed by atoms with E-state index in [0.29, 0.717) is 76.9 Å². The van der Waals surface area contributed by atoms with Gasteiger partial charge in [-0.05, 0) is 182 Å². The van der Waals surface area contributed by atoms with E-state index in [-0.39, 0.29) is 108 Å². The smallest absolute Gasteiger partial charge is 0.379 e. The Bertz CT molecular complexity index is 6000. The van der Waals surface area contributed by atoms with Crippen LogP contribution < -0.4 is 58.9 Å². The molecule has 0 amide bonds. The predicted octanol–water partition coefficient (Wildman–Crippen LogP) is 11.8. The van der Waals surface area contributed by atoms with Crippen LogP contribution in [0, 0.1) is 0 Å². The van der Waals surface area contributed by atoms with Crippen LogP contribution in [0.25, 0.3) is 18.2 Å². The summed E-state index contributed by atoms with van der Waals surface area (Å²) in [7, 11) is 4.52. The van der Waals surface area contributed by atoms with Gasteiger partial charge in [0.25, 0.3) is 22.6 Å². The standard InChI is InChI=1S/3C29H23ClN2O7S.C2H4O2/c3*1-17-24(28(35)38-15-14-36-2)25(19-7-11-21(12-8-19)39-27(34)22-4-3-13-37-22)32-26(33)23(40-29(32)31-17)16-18-5-9-20(30)10-6-18;1-2(3)4/h3*3-13,16,25H,14-15H2,1-2H3;1H3,(H,3,4)/b3*23-16+;. The quantitative estimate of drug-likeness (QED) is 0.0254. The van der Waals surface area contributed by atoms with E-state index in [0.717, 1.165) is 23.6 Å². The van der Waals surface area contributed by atoms with E-state index in [1.54, 1.807) is 166 Å². The summed E-state index contributed by atoms with van der Waals surface area (Å²) < 4.78 is 68.5. The summed E-state index contributed by atoms with van der Waals surface area (Å²) in [6.07, 6.45) is 9.40. The van der Waals surface area contributed by atoms with Crippen LogP contribution >= 0.6 is 68.8 Å². The van der Waals surface area contributed by atoms with Gasteiger partial charge in [-0.1, -0.05) is 142 Å². The van der Waals surface area contributed by atoms with Gasteiger partial charge in [0, 0.05) is 43.3 Å². The highest BCUT2D eigenvalue weighted by molar-refractivity contribution is 7.07. The molecule has 15 rings (SSSR count). The van der Waals surface area contributed by atoms with Crippen LogP contribution in [-0.4, -0.2) is 122 Å². The number of allylic oxidation sites excluding steroid dienone is 3. The Labute approximate surface area is 730 Å². The lowest BCUT2D eigenvalue weighted by molar-refractivity contribution is -0.141. The van der Waals surface area contributed by atoms with Crippen LogP contribution in [-0.2, 0) is 47.6 Å². The number of furan rings is 3. The molecular formula is C89H73Cl3N6O23S3. The molecule has 6 aromatic carbocycles. The van der Waals surface area contributed by atoms with Gasteiger partial charge in [-0.25, -0.2) is 43.7 Å². The minimum absolute atomic E-state index is 0.0431. The van der Waals surface area contributed by atoms with Gasteiger partial charge in [-0.15, -0.1) is 0 Å². The average Bonchev–Trinajstić information content (AvgIpc) is 1.58. The fourth-order valence-electron chi connectivity index (χ4n) is 12.5. The summed E-state index contributed by atoms with van der Waals surface area (Å²) in [5, 5.41) is 9.18. The number of hydrogen-bond donors (Lipinski definition) is 1. The van der Waals surface area contributed by atoms with Crippen molar-refractivity contribution in [3.05, 3.63) is 359 Å². The highest BCUT2D eigenvalue weighted by atomic mass is 35.5. The number of rotatable bonds is 24. The first kappa shape index (κ1) is 90.0. The van der Waals surface area contributed by atoms with E-state index >= 15 is 0 Å². The SMILES string of the molecule is CC(=O)O.COCCOC(=O)C1=C(C)N=c2s/c(=C/c3ccc(Cl)cc3)c(=O)n2C1c1ccc(OC(=O)c2ccco2)cc1.COCCOC(=O)C1=C(C)N=c2s/c(=C/c3ccc(Cl)cc3)c(=O)n2C1c1ccc(OC(=O)c2ccco2)cc1.COCCOC(=O)C1=C(C)N=c2s/c(=C/c3ccc(Cl)cc3)c(=O)n2C1c1ccc(OC(=O)c2ccco2)cc1. The Balaban J connectivity index is 0.000000166. The number of methoxy groups -OCH3 is 3. The van der Waals surface area contributed by atoms with Crippen LogP contribution in [0.15, 0.2) is 277 Å². The zero-order valence-electron chi connectivity index (χ0n) is 66.7. The second kappa shape index (κ2) is 42.0. The second-order valence-corrected chi connectivity index (χ2v) is 30.9. The molecule has 3 atom stereocenters. The summed E-state index contributed by atoms with van der Waals surface area (Å²) in [5.41, 5.74) is 5.22. The summed E-state index contributed by atoms with van der Waals surface area (Å²) in [6, 6.07) is 47.7. The molecule has 0 fully saturated rings. The number of carbonyl (C=O) groups is 7. The van der Waals surface area contributed by atoms with Crippen molar-refractivity contribution >= 4 is 129 Å². The number of ether oxygens (including phenoxy) is 9. The average molecular weight is 1800 g/mol. The topological polar surface area (TPSA) is 365 Å². The van der Waals surface area contributed by atoms with Gasteiger partial charge in [0.15, 0.2) is 14.4 Å². The van der Waals surface area contributed by atoms with Crippen LogP contribution in [0.1, 0.15) is 111 Å². The minimum atomic E-state index is -0.833. The monoisotopic (exact) mass is 1790 g/mol. The molecule has 0 spiro atoms. The van der Waals surface area contributed by atoms with Crippen molar-refractivity contribution in [3.8, 4) is 17.2 Å². The fraction of sp³-hybridized carbons (Fsp3) is 0.180. The van der Waals surface area contributed by atoms with Crippen molar-refractivity contribution < 1.29 is 94.6 Å². The number of fused-ring (bicyclic) bond motifs is 3. The lowest BCUT2D eigenvalue weighted by atomic mass is 9.96. The van der Waals surface area contributed by atoms with Gasteiger partial charge in [-0.2, -0.15) is 0 Å². The number of hydrogen-bond acceptors (Lipinski definition) is 28. The third kappa shape index (κ3) is 22.1. The van der Waals surface area contributed by atoms with Crippen molar-refractivity contribution in [2.75, 3.05) is 61.0 Å². The molecule has 6 aromatic heterocycles. The molecular weight excluding hydrogens is 1720 g/mol. The first-order valence-electron chi connectivity index (χ1n) is 37.4. The molecule has 3 aliphatic rings. The Kier molecular flexibility index (Phi) is 30.5. The maximum Gasteiger partial charge on any atom is 0.379 e. The van der Waals surface area contributed by atoms with Gasteiger partial charge in [0.1, 0.15) is 37.1 Å². The van der Waals surface area contributed by atoms with E-state index in [1.807, 2.05) is 36.4 Å². The number of carboxylic acids is 1. The zero-order chi connectivity index (χ0) is 88.3. The van der Waals surface area contributed by atoms with E-state index in [1.165, 1.54) is 106 Å². The van der Waals surface area contributed by atoms with E-state index < -0.39 is 59.9 Å². The largest absolute Gasteiger partial charge is 0.481 e. The molecule has 0 aliphatic carbocycles. The number of nitrogens with zero attached hydrogens (tertiary/aromatic N) is 6. The molecule has 0 bridgehead atoms. The number of esters is 6. The molecule has 0 radical (unpaired) electrons. The van der Waals surface area contributed by atoms with Crippen molar-refractivity contribution in [2.45, 2.75) is 45.8 Å². The molecule has 124 heavy (non-hydrogen) atoms. The van der Waals surface area contributed by atoms with Gasteiger partial charge in [0.2, 0.25) is 17.3 Å². The normalized spacial score (nSPS) is 14.7. The maximum absolute atomic E-state index is 13.7. The molecule has 0 saturated carbocycles. The number of aromatic nitrogens is 3. The van der Waals surface area contributed by atoms with Gasteiger partial charge in [-0.3, -0.25) is 32.9 Å². The lowest BCUT2D eigenvalue weighted by Crippen LogP contribution is -2.40.